The summed E-state index contributed by atoms with van der Waals surface area (Å²) in [5.74, 6) is -0.459. The zero-order valence-corrected chi connectivity index (χ0v) is 10.4. The summed E-state index contributed by atoms with van der Waals surface area (Å²) in [6.45, 7) is 1.54. The van der Waals surface area contributed by atoms with Crippen molar-refractivity contribution >= 4 is 33.5 Å². The summed E-state index contributed by atoms with van der Waals surface area (Å²) in [6.07, 6.45) is 0. The molecule has 0 fully saturated rings. The molecule has 19 heavy (non-hydrogen) atoms. The van der Waals surface area contributed by atoms with Crippen LogP contribution in [0.4, 0.5) is 0 Å². The number of ketones is 1. The summed E-state index contributed by atoms with van der Waals surface area (Å²) < 4.78 is 0. The number of aromatic nitrogens is 1. The fraction of sp³-hybridized carbons (Fsp3) is 0.0667. The molecule has 4 nitrogen and oxygen atoms in total. The molecule has 0 spiro atoms. The maximum Gasteiger partial charge on any atom is 0.248 e. The van der Waals surface area contributed by atoms with Gasteiger partial charge >= 0.3 is 0 Å². The maximum atomic E-state index is 11.6. The Morgan fingerprint density at radius 2 is 1.89 bits per heavy atom. The van der Waals surface area contributed by atoms with Gasteiger partial charge < -0.3 is 10.7 Å². The fourth-order valence-electron chi connectivity index (χ4n) is 2.38. The number of amides is 1. The Labute approximate surface area is 109 Å². The first-order chi connectivity index (χ1) is 9.08. The van der Waals surface area contributed by atoms with Crippen molar-refractivity contribution in [1.82, 2.24) is 4.98 Å². The van der Waals surface area contributed by atoms with Crippen LogP contribution in [-0.2, 0) is 0 Å². The van der Waals surface area contributed by atoms with Crippen molar-refractivity contribution in [2.75, 3.05) is 0 Å². The van der Waals surface area contributed by atoms with E-state index in [1.807, 2.05) is 18.2 Å². The summed E-state index contributed by atoms with van der Waals surface area (Å²) in [6, 6.07) is 10.8. The van der Waals surface area contributed by atoms with Crippen LogP contribution in [0.5, 0.6) is 0 Å². The van der Waals surface area contributed by atoms with E-state index in [1.165, 1.54) is 6.92 Å². The van der Waals surface area contributed by atoms with Gasteiger partial charge in [-0.05, 0) is 25.1 Å². The molecular weight excluding hydrogens is 240 g/mol. The molecule has 2 aromatic carbocycles. The third-order valence-corrected chi connectivity index (χ3v) is 3.30. The van der Waals surface area contributed by atoms with Crippen LogP contribution in [0.25, 0.3) is 21.8 Å². The van der Waals surface area contributed by atoms with Crippen molar-refractivity contribution < 1.29 is 9.59 Å². The minimum Gasteiger partial charge on any atom is -0.366 e. The van der Waals surface area contributed by atoms with Crippen LogP contribution in [0, 0.1) is 0 Å². The molecule has 3 aromatic rings. The molecule has 0 aliphatic heterocycles. The van der Waals surface area contributed by atoms with Gasteiger partial charge in [0.15, 0.2) is 5.78 Å². The SMILES string of the molecule is CC(=O)c1cccc2c1[nH]c1cc(C(N)=O)ccc12. The minimum absolute atomic E-state index is 0.00674. The number of carbonyl (C=O) groups is 2. The normalized spacial score (nSPS) is 11.0. The lowest BCUT2D eigenvalue weighted by atomic mass is 10.1. The summed E-state index contributed by atoms with van der Waals surface area (Å²) in [7, 11) is 0. The second-order valence-electron chi connectivity index (χ2n) is 4.53. The zero-order chi connectivity index (χ0) is 13.6. The van der Waals surface area contributed by atoms with E-state index >= 15 is 0 Å². The van der Waals surface area contributed by atoms with Crippen LogP contribution < -0.4 is 5.73 Å². The molecule has 0 unspecified atom stereocenters. The minimum atomic E-state index is -0.465. The van der Waals surface area contributed by atoms with E-state index in [9.17, 15) is 9.59 Å². The predicted octanol–water partition coefficient (Wildman–Crippen LogP) is 2.62. The number of hydrogen-bond donors (Lipinski definition) is 2. The van der Waals surface area contributed by atoms with E-state index < -0.39 is 5.91 Å². The smallest absolute Gasteiger partial charge is 0.248 e. The topological polar surface area (TPSA) is 75.9 Å². The van der Waals surface area contributed by atoms with Crippen molar-refractivity contribution in [3.05, 3.63) is 47.5 Å². The van der Waals surface area contributed by atoms with Gasteiger partial charge in [0, 0.05) is 27.4 Å². The van der Waals surface area contributed by atoms with Gasteiger partial charge in [0.2, 0.25) is 5.91 Å². The lowest BCUT2D eigenvalue weighted by molar-refractivity contribution is 0.0996. The monoisotopic (exact) mass is 252 g/mol. The van der Waals surface area contributed by atoms with Gasteiger partial charge in [0.25, 0.3) is 0 Å². The molecule has 0 atom stereocenters. The molecule has 0 saturated heterocycles. The molecule has 3 rings (SSSR count). The first kappa shape index (κ1) is 11.5. The van der Waals surface area contributed by atoms with Crippen LogP contribution in [-0.4, -0.2) is 16.7 Å². The van der Waals surface area contributed by atoms with Crippen LogP contribution in [0.1, 0.15) is 27.6 Å². The molecule has 0 aliphatic carbocycles. The summed E-state index contributed by atoms with van der Waals surface area (Å²) in [4.78, 5) is 26.0. The van der Waals surface area contributed by atoms with E-state index in [0.29, 0.717) is 11.1 Å². The molecule has 3 N–H and O–H groups in total. The van der Waals surface area contributed by atoms with Crippen LogP contribution in [0.3, 0.4) is 0 Å². The highest BCUT2D eigenvalue weighted by Gasteiger charge is 2.11. The maximum absolute atomic E-state index is 11.6. The number of nitrogens with two attached hydrogens (primary N) is 1. The number of para-hydroxylation sites is 1. The number of primary amides is 1. The highest BCUT2D eigenvalue weighted by atomic mass is 16.1. The molecule has 1 amide bonds. The summed E-state index contributed by atoms with van der Waals surface area (Å²) in [5, 5.41) is 1.95. The molecule has 0 radical (unpaired) electrons. The number of carbonyl (C=O) groups excluding carboxylic acids is 2. The van der Waals surface area contributed by atoms with E-state index in [2.05, 4.69) is 4.98 Å². The Morgan fingerprint density at radius 1 is 1.11 bits per heavy atom. The lowest BCUT2D eigenvalue weighted by Gasteiger charge is -1.97. The predicted molar refractivity (Wildman–Crippen MR) is 74.3 cm³/mol. The Balaban J connectivity index is 2.41. The Bertz CT molecular complexity index is 831. The highest BCUT2D eigenvalue weighted by Crippen LogP contribution is 2.28. The van der Waals surface area contributed by atoms with Gasteiger partial charge in [-0.2, -0.15) is 0 Å². The zero-order valence-electron chi connectivity index (χ0n) is 10.4. The van der Waals surface area contributed by atoms with Crippen LogP contribution in [0.2, 0.25) is 0 Å². The van der Waals surface area contributed by atoms with Crippen molar-refractivity contribution in [3.63, 3.8) is 0 Å². The van der Waals surface area contributed by atoms with Gasteiger partial charge in [-0.1, -0.05) is 18.2 Å². The van der Waals surface area contributed by atoms with Gasteiger partial charge in [0.1, 0.15) is 0 Å². The number of nitrogens with one attached hydrogen (secondary N) is 1. The number of hydrogen-bond acceptors (Lipinski definition) is 2. The number of fused-ring (bicyclic) bond motifs is 3. The first-order valence-electron chi connectivity index (χ1n) is 5.93. The van der Waals surface area contributed by atoms with Crippen LogP contribution >= 0.6 is 0 Å². The van der Waals surface area contributed by atoms with Crippen molar-refractivity contribution in [2.24, 2.45) is 5.73 Å². The average Bonchev–Trinajstić information content (AvgIpc) is 2.75. The third kappa shape index (κ3) is 1.69. The second kappa shape index (κ2) is 3.95. The number of benzene rings is 2. The quantitative estimate of drug-likeness (QED) is 0.688. The first-order valence-corrected chi connectivity index (χ1v) is 5.93. The van der Waals surface area contributed by atoms with Gasteiger partial charge in [-0.15, -0.1) is 0 Å². The molecular formula is C15H12N2O2. The van der Waals surface area contributed by atoms with Gasteiger partial charge in [-0.3, -0.25) is 9.59 Å². The Morgan fingerprint density at radius 3 is 2.58 bits per heavy atom. The Hall–Kier alpha value is -2.62. The van der Waals surface area contributed by atoms with E-state index in [1.54, 1.807) is 18.2 Å². The largest absolute Gasteiger partial charge is 0.366 e. The number of aromatic amines is 1. The second-order valence-corrected chi connectivity index (χ2v) is 4.53. The summed E-state index contributed by atoms with van der Waals surface area (Å²) >= 11 is 0. The molecule has 0 aliphatic rings. The van der Waals surface area contributed by atoms with Crippen molar-refractivity contribution in [1.29, 1.82) is 0 Å². The molecule has 4 heteroatoms. The van der Waals surface area contributed by atoms with E-state index in [0.717, 1.165) is 21.8 Å². The lowest BCUT2D eigenvalue weighted by Crippen LogP contribution is -2.10. The van der Waals surface area contributed by atoms with Crippen molar-refractivity contribution in [2.45, 2.75) is 6.92 Å². The van der Waals surface area contributed by atoms with Crippen molar-refractivity contribution in [3.8, 4) is 0 Å². The standard InChI is InChI=1S/C15H12N2O2/c1-8(18)10-3-2-4-12-11-6-5-9(15(16)19)7-13(11)17-14(10)12/h2-7,17H,1H3,(H2,16,19). The summed E-state index contributed by atoms with van der Waals surface area (Å²) in [5.41, 5.74) is 7.97. The third-order valence-electron chi connectivity index (χ3n) is 3.30. The molecule has 0 bridgehead atoms. The number of Topliss-reactive ketones (excluding diaryl/α,β-unsaturated/α-hetero) is 1. The highest BCUT2D eigenvalue weighted by molar-refractivity contribution is 6.15. The number of rotatable bonds is 2. The molecule has 94 valence electrons. The van der Waals surface area contributed by atoms with E-state index in [4.69, 9.17) is 5.73 Å². The van der Waals surface area contributed by atoms with E-state index in [-0.39, 0.29) is 5.78 Å². The van der Waals surface area contributed by atoms with Gasteiger partial charge in [-0.25, -0.2) is 0 Å². The average molecular weight is 252 g/mol. The fourth-order valence-corrected chi connectivity index (χ4v) is 2.38. The molecule has 1 heterocycles. The van der Waals surface area contributed by atoms with Gasteiger partial charge in [0.05, 0.1) is 5.52 Å². The van der Waals surface area contributed by atoms with Crippen LogP contribution in [0.15, 0.2) is 36.4 Å². The Kier molecular flexibility index (Phi) is 2.38. The number of H-pyrrole nitrogens is 1. The molecule has 0 saturated carbocycles. The molecule has 1 aromatic heterocycles.